The van der Waals surface area contributed by atoms with Gasteiger partial charge in [-0.25, -0.2) is 4.98 Å². The quantitative estimate of drug-likeness (QED) is 0.885. The van der Waals surface area contributed by atoms with Gasteiger partial charge in [0.05, 0.1) is 21.6 Å². The lowest BCUT2D eigenvalue weighted by molar-refractivity contribution is 0.596. The molecule has 2 aromatic rings. The number of rotatable bonds is 4. The first kappa shape index (κ1) is 10.7. The summed E-state index contributed by atoms with van der Waals surface area (Å²) in [5.41, 5.74) is 1.01. The zero-order chi connectivity index (χ0) is 10.7. The number of hydrogen-bond acceptors (Lipinski definition) is 6. The van der Waals surface area contributed by atoms with Gasteiger partial charge in [0, 0.05) is 18.0 Å². The van der Waals surface area contributed by atoms with Crippen LogP contribution in [0.5, 0.6) is 0 Å². The molecule has 0 aromatic carbocycles. The molecule has 2 heterocycles. The van der Waals surface area contributed by atoms with Crippen LogP contribution in [0, 0.1) is 6.92 Å². The molecule has 0 aliphatic rings. The van der Waals surface area contributed by atoms with E-state index in [0.29, 0.717) is 0 Å². The molecule has 0 aliphatic heterocycles. The van der Waals surface area contributed by atoms with E-state index in [0.717, 1.165) is 17.1 Å². The van der Waals surface area contributed by atoms with E-state index in [9.17, 15) is 0 Å². The highest BCUT2D eigenvalue weighted by Gasteiger charge is 2.16. The van der Waals surface area contributed by atoms with E-state index in [1.165, 1.54) is 16.4 Å². The molecule has 0 spiro atoms. The average Bonchev–Trinajstić information content (AvgIpc) is 2.85. The molecule has 6 heteroatoms. The summed E-state index contributed by atoms with van der Waals surface area (Å²) >= 11 is 3.14. The van der Waals surface area contributed by atoms with Gasteiger partial charge in [-0.05, 0) is 25.5 Å². The van der Waals surface area contributed by atoms with E-state index >= 15 is 0 Å². The summed E-state index contributed by atoms with van der Waals surface area (Å²) in [7, 11) is 1.96. The number of nitrogens with zero attached hydrogens (tertiary/aromatic N) is 3. The van der Waals surface area contributed by atoms with Crippen molar-refractivity contribution in [1.82, 2.24) is 19.9 Å². The van der Waals surface area contributed by atoms with Gasteiger partial charge < -0.3 is 5.32 Å². The smallest absolute Gasteiger partial charge is 0.0944 e. The third-order valence-corrected chi connectivity index (χ3v) is 3.96. The van der Waals surface area contributed by atoms with Crippen LogP contribution in [0.2, 0.25) is 0 Å². The van der Waals surface area contributed by atoms with Crippen molar-refractivity contribution in [2.24, 2.45) is 0 Å². The van der Waals surface area contributed by atoms with Gasteiger partial charge in [0.15, 0.2) is 0 Å². The van der Waals surface area contributed by atoms with Crippen LogP contribution in [0.25, 0.3) is 0 Å². The predicted molar refractivity (Wildman–Crippen MR) is 62.3 cm³/mol. The molecule has 2 aromatic heterocycles. The van der Waals surface area contributed by atoms with Crippen molar-refractivity contribution in [2.45, 2.75) is 19.4 Å². The van der Waals surface area contributed by atoms with Crippen molar-refractivity contribution in [3.63, 3.8) is 0 Å². The normalized spacial score (nSPS) is 12.9. The Balaban J connectivity index is 2.15. The largest absolute Gasteiger partial charge is 0.312 e. The fourth-order valence-electron chi connectivity index (χ4n) is 1.41. The number of likely N-dealkylation sites (N-methyl/N-ethyl adjacent to an activating group) is 1. The lowest BCUT2D eigenvalue weighted by atomic mass is 10.1. The van der Waals surface area contributed by atoms with Crippen LogP contribution in [0.15, 0.2) is 11.6 Å². The van der Waals surface area contributed by atoms with Crippen molar-refractivity contribution in [2.75, 3.05) is 7.05 Å². The van der Waals surface area contributed by atoms with Crippen LogP contribution in [0.4, 0.5) is 0 Å². The number of thiazole rings is 1. The first-order chi connectivity index (χ1) is 7.31. The van der Waals surface area contributed by atoms with Gasteiger partial charge in [0.2, 0.25) is 0 Å². The van der Waals surface area contributed by atoms with Crippen molar-refractivity contribution in [3.05, 3.63) is 27.2 Å². The summed E-state index contributed by atoms with van der Waals surface area (Å²) in [6, 6.07) is 0.274. The second-order valence-electron chi connectivity index (χ2n) is 3.19. The summed E-state index contributed by atoms with van der Waals surface area (Å²) in [5, 5.41) is 10.4. The van der Waals surface area contributed by atoms with Gasteiger partial charge in [0.25, 0.3) is 0 Å². The maximum atomic E-state index is 4.29. The average molecular weight is 240 g/mol. The Kier molecular flexibility index (Phi) is 3.40. The highest BCUT2D eigenvalue weighted by Crippen LogP contribution is 2.23. The van der Waals surface area contributed by atoms with Gasteiger partial charge in [-0.15, -0.1) is 16.4 Å². The molecule has 15 heavy (non-hydrogen) atoms. The molecule has 0 amide bonds. The Morgan fingerprint density at radius 1 is 1.53 bits per heavy atom. The fraction of sp³-hybridized carbons (Fsp3) is 0.444. The van der Waals surface area contributed by atoms with E-state index < -0.39 is 0 Å². The second kappa shape index (κ2) is 4.78. The zero-order valence-electron chi connectivity index (χ0n) is 8.60. The third-order valence-electron chi connectivity index (χ3n) is 2.21. The molecule has 1 N–H and O–H groups in total. The van der Waals surface area contributed by atoms with Gasteiger partial charge in [-0.3, -0.25) is 0 Å². The molecule has 0 fully saturated rings. The van der Waals surface area contributed by atoms with Crippen LogP contribution in [-0.2, 0) is 6.42 Å². The molecule has 80 valence electrons. The zero-order valence-corrected chi connectivity index (χ0v) is 10.2. The minimum absolute atomic E-state index is 0.274. The first-order valence-corrected chi connectivity index (χ1v) is 6.31. The standard InChI is InChI=1S/C9H12N4S2/c1-6-9(15-13-12-6)7(10-2)5-8-11-3-4-14-8/h3-4,7,10H,5H2,1-2H3. The minimum Gasteiger partial charge on any atom is -0.312 e. The summed E-state index contributed by atoms with van der Waals surface area (Å²) in [4.78, 5) is 5.49. The molecule has 0 saturated carbocycles. The van der Waals surface area contributed by atoms with E-state index in [1.54, 1.807) is 11.3 Å². The third kappa shape index (κ3) is 2.39. The van der Waals surface area contributed by atoms with E-state index in [4.69, 9.17) is 0 Å². The second-order valence-corrected chi connectivity index (χ2v) is 4.96. The first-order valence-electron chi connectivity index (χ1n) is 4.65. The van der Waals surface area contributed by atoms with Crippen molar-refractivity contribution in [3.8, 4) is 0 Å². The summed E-state index contributed by atoms with van der Waals surface area (Å²) in [6.45, 7) is 1.99. The Hall–Kier alpha value is -0.850. The van der Waals surface area contributed by atoms with E-state index in [1.807, 2.05) is 25.5 Å². The maximum Gasteiger partial charge on any atom is 0.0944 e. The highest BCUT2D eigenvalue weighted by atomic mass is 32.1. The predicted octanol–water partition coefficient (Wildman–Crippen LogP) is 1.81. The summed E-state index contributed by atoms with van der Waals surface area (Å²) < 4.78 is 3.95. The molecular formula is C9H12N4S2. The van der Waals surface area contributed by atoms with Crippen LogP contribution in [-0.4, -0.2) is 21.6 Å². The molecule has 0 bridgehead atoms. The molecule has 0 radical (unpaired) electrons. The fourth-order valence-corrected chi connectivity index (χ4v) is 2.83. The van der Waals surface area contributed by atoms with E-state index in [-0.39, 0.29) is 6.04 Å². The molecular weight excluding hydrogens is 228 g/mol. The van der Waals surface area contributed by atoms with E-state index in [2.05, 4.69) is 19.9 Å². The van der Waals surface area contributed by atoms with Gasteiger partial charge in [0.1, 0.15) is 0 Å². The van der Waals surface area contributed by atoms with Crippen molar-refractivity contribution in [1.29, 1.82) is 0 Å². The molecule has 4 nitrogen and oxygen atoms in total. The van der Waals surface area contributed by atoms with Gasteiger partial charge in [-0.2, -0.15) is 0 Å². The van der Waals surface area contributed by atoms with Crippen LogP contribution >= 0.6 is 22.9 Å². The number of aryl methyl sites for hydroxylation is 1. The molecule has 1 unspecified atom stereocenters. The van der Waals surface area contributed by atoms with Crippen molar-refractivity contribution < 1.29 is 0 Å². The van der Waals surface area contributed by atoms with Gasteiger partial charge >= 0.3 is 0 Å². The molecule has 1 atom stereocenters. The van der Waals surface area contributed by atoms with Crippen LogP contribution in [0.1, 0.15) is 21.6 Å². The topological polar surface area (TPSA) is 50.7 Å². The van der Waals surface area contributed by atoms with Crippen LogP contribution < -0.4 is 5.32 Å². The lowest BCUT2D eigenvalue weighted by Crippen LogP contribution is -2.18. The Morgan fingerprint density at radius 2 is 2.40 bits per heavy atom. The van der Waals surface area contributed by atoms with Crippen molar-refractivity contribution >= 4 is 22.9 Å². The monoisotopic (exact) mass is 240 g/mol. The van der Waals surface area contributed by atoms with Crippen LogP contribution in [0.3, 0.4) is 0 Å². The minimum atomic E-state index is 0.274. The summed E-state index contributed by atoms with van der Waals surface area (Å²) in [6.07, 6.45) is 2.74. The SMILES string of the molecule is CNC(Cc1nccs1)c1snnc1C. The lowest BCUT2D eigenvalue weighted by Gasteiger charge is -2.12. The Bertz CT molecular complexity index is 409. The maximum absolute atomic E-state index is 4.29. The summed E-state index contributed by atoms with van der Waals surface area (Å²) in [5.74, 6) is 0. The molecule has 2 rings (SSSR count). The van der Waals surface area contributed by atoms with Gasteiger partial charge in [-0.1, -0.05) is 4.49 Å². The Labute approximate surface area is 96.5 Å². The molecule has 0 saturated heterocycles. The number of hydrogen-bond donors (Lipinski definition) is 1. The highest BCUT2D eigenvalue weighted by molar-refractivity contribution is 7.09. The number of aromatic nitrogens is 3. The molecule has 0 aliphatic carbocycles. The Morgan fingerprint density at radius 3 is 2.93 bits per heavy atom. The number of nitrogens with one attached hydrogen (secondary N) is 1.